The predicted octanol–water partition coefficient (Wildman–Crippen LogP) is 2.60. The molecular formula is C13H24O2. The quantitative estimate of drug-likeness (QED) is 0.762. The van der Waals surface area contributed by atoms with Crippen molar-refractivity contribution < 1.29 is 9.84 Å². The molecule has 2 nitrogen and oxygen atoms in total. The largest absolute Gasteiger partial charge is 0.392 e. The molecule has 0 bridgehead atoms. The van der Waals surface area contributed by atoms with Crippen molar-refractivity contribution >= 4 is 0 Å². The van der Waals surface area contributed by atoms with Gasteiger partial charge in [0.1, 0.15) is 0 Å². The van der Waals surface area contributed by atoms with Gasteiger partial charge in [0, 0.05) is 12.5 Å². The second kappa shape index (κ2) is 4.42. The zero-order valence-corrected chi connectivity index (χ0v) is 10.0. The van der Waals surface area contributed by atoms with Crippen molar-refractivity contribution in [1.29, 1.82) is 0 Å². The van der Waals surface area contributed by atoms with Crippen molar-refractivity contribution in [3.8, 4) is 0 Å². The molecule has 2 rings (SSSR count). The summed E-state index contributed by atoms with van der Waals surface area (Å²) >= 11 is 0. The molecule has 0 aromatic heterocycles. The van der Waals surface area contributed by atoms with Gasteiger partial charge in [0.05, 0.1) is 12.7 Å². The minimum atomic E-state index is -0.136. The highest BCUT2D eigenvalue weighted by molar-refractivity contribution is 4.90. The molecule has 2 fully saturated rings. The number of ether oxygens (including phenoxy) is 1. The molecule has 1 heterocycles. The second-order valence-electron chi connectivity index (χ2n) is 5.96. The molecule has 88 valence electrons. The van der Waals surface area contributed by atoms with Gasteiger partial charge in [-0.25, -0.2) is 0 Å². The van der Waals surface area contributed by atoms with E-state index in [0.717, 1.165) is 19.6 Å². The minimum absolute atomic E-state index is 0.136. The molecule has 1 N–H and O–H groups in total. The van der Waals surface area contributed by atoms with Crippen LogP contribution in [-0.2, 0) is 4.74 Å². The Balaban J connectivity index is 2.00. The SMILES string of the molecule is CC1(C)CCCCC1C(O)C1CCOC1. The summed E-state index contributed by atoms with van der Waals surface area (Å²) in [4.78, 5) is 0. The first-order valence-electron chi connectivity index (χ1n) is 6.37. The molecule has 0 amide bonds. The average Bonchev–Trinajstić information content (AvgIpc) is 2.69. The van der Waals surface area contributed by atoms with Crippen molar-refractivity contribution in [2.75, 3.05) is 13.2 Å². The maximum atomic E-state index is 10.4. The normalized spacial score (nSPS) is 37.8. The topological polar surface area (TPSA) is 29.5 Å². The molecule has 0 aromatic carbocycles. The van der Waals surface area contributed by atoms with Crippen molar-refractivity contribution in [2.24, 2.45) is 17.3 Å². The molecular weight excluding hydrogens is 188 g/mol. The first-order valence-corrected chi connectivity index (χ1v) is 6.37. The summed E-state index contributed by atoms with van der Waals surface area (Å²) in [5.41, 5.74) is 0.320. The molecule has 0 spiro atoms. The van der Waals surface area contributed by atoms with Crippen LogP contribution in [0.2, 0.25) is 0 Å². The zero-order valence-electron chi connectivity index (χ0n) is 10.0. The smallest absolute Gasteiger partial charge is 0.0624 e. The summed E-state index contributed by atoms with van der Waals surface area (Å²) in [5, 5.41) is 10.4. The van der Waals surface area contributed by atoms with Crippen LogP contribution >= 0.6 is 0 Å². The molecule has 2 aliphatic rings. The molecule has 15 heavy (non-hydrogen) atoms. The number of aliphatic hydroxyl groups is 1. The number of hydrogen-bond acceptors (Lipinski definition) is 2. The third kappa shape index (κ3) is 2.36. The van der Waals surface area contributed by atoms with Crippen molar-refractivity contribution in [3.05, 3.63) is 0 Å². The van der Waals surface area contributed by atoms with Crippen LogP contribution in [0.4, 0.5) is 0 Å². The Morgan fingerprint density at radius 2 is 2.07 bits per heavy atom. The van der Waals surface area contributed by atoms with Gasteiger partial charge in [-0.2, -0.15) is 0 Å². The molecule has 1 saturated carbocycles. The van der Waals surface area contributed by atoms with Gasteiger partial charge in [0.15, 0.2) is 0 Å². The zero-order chi connectivity index (χ0) is 10.9. The van der Waals surface area contributed by atoms with Crippen LogP contribution in [0.25, 0.3) is 0 Å². The van der Waals surface area contributed by atoms with Gasteiger partial charge in [-0.05, 0) is 30.6 Å². The minimum Gasteiger partial charge on any atom is -0.392 e. The van der Waals surface area contributed by atoms with Crippen molar-refractivity contribution in [2.45, 2.75) is 52.1 Å². The Labute approximate surface area is 93.0 Å². The highest BCUT2D eigenvalue weighted by atomic mass is 16.5. The fourth-order valence-electron chi connectivity index (χ4n) is 3.30. The summed E-state index contributed by atoms with van der Waals surface area (Å²) in [6.07, 6.45) is 6.00. The van der Waals surface area contributed by atoms with E-state index in [1.54, 1.807) is 0 Å². The first-order chi connectivity index (χ1) is 7.11. The highest BCUT2D eigenvalue weighted by Crippen LogP contribution is 2.44. The fraction of sp³-hybridized carbons (Fsp3) is 1.00. The lowest BCUT2D eigenvalue weighted by Gasteiger charge is -2.42. The Hall–Kier alpha value is -0.0800. The Bertz CT molecular complexity index is 207. The molecule has 3 unspecified atom stereocenters. The van der Waals surface area contributed by atoms with Gasteiger partial charge in [0.25, 0.3) is 0 Å². The predicted molar refractivity (Wildman–Crippen MR) is 60.7 cm³/mol. The third-order valence-corrected chi connectivity index (χ3v) is 4.45. The first kappa shape index (κ1) is 11.4. The number of rotatable bonds is 2. The summed E-state index contributed by atoms with van der Waals surface area (Å²) in [5.74, 6) is 0.880. The van der Waals surface area contributed by atoms with E-state index >= 15 is 0 Å². The van der Waals surface area contributed by atoms with Gasteiger partial charge < -0.3 is 9.84 Å². The summed E-state index contributed by atoms with van der Waals surface area (Å²) in [6, 6.07) is 0. The molecule has 1 saturated heterocycles. The van der Waals surface area contributed by atoms with Crippen LogP contribution < -0.4 is 0 Å². The van der Waals surface area contributed by atoms with Gasteiger partial charge in [-0.1, -0.05) is 26.7 Å². The second-order valence-corrected chi connectivity index (χ2v) is 5.96. The van der Waals surface area contributed by atoms with E-state index in [0.29, 0.717) is 17.3 Å². The van der Waals surface area contributed by atoms with E-state index in [2.05, 4.69) is 13.8 Å². The van der Waals surface area contributed by atoms with Crippen LogP contribution in [0.5, 0.6) is 0 Å². The van der Waals surface area contributed by atoms with Gasteiger partial charge in [-0.15, -0.1) is 0 Å². The standard InChI is InChI=1S/C13H24O2/c1-13(2)7-4-3-5-11(13)12(14)10-6-8-15-9-10/h10-12,14H,3-9H2,1-2H3. The van der Waals surface area contributed by atoms with E-state index in [1.165, 1.54) is 25.7 Å². The lowest BCUT2D eigenvalue weighted by Crippen LogP contribution is -2.40. The molecule has 1 aliphatic carbocycles. The van der Waals surface area contributed by atoms with Crippen LogP contribution in [0.1, 0.15) is 46.0 Å². The van der Waals surface area contributed by atoms with Crippen molar-refractivity contribution in [1.82, 2.24) is 0 Å². The van der Waals surface area contributed by atoms with E-state index in [-0.39, 0.29) is 6.10 Å². The Kier molecular flexibility index (Phi) is 3.36. The summed E-state index contributed by atoms with van der Waals surface area (Å²) in [7, 11) is 0. The Morgan fingerprint density at radius 1 is 1.27 bits per heavy atom. The highest BCUT2D eigenvalue weighted by Gasteiger charge is 2.40. The third-order valence-electron chi connectivity index (χ3n) is 4.45. The summed E-state index contributed by atoms with van der Waals surface area (Å²) in [6.45, 7) is 6.24. The number of hydrogen-bond donors (Lipinski definition) is 1. The van der Waals surface area contributed by atoms with Crippen molar-refractivity contribution in [3.63, 3.8) is 0 Å². The number of aliphatic hydroxyl groups excluding tert-OH is 1. The van der Waals surface area contributed by atoms with Crippen LogP contribution in [-0.4, -0.2) is 24.4 Å². The molecule has 3 atom stereocenters. The average molecular weight is 212 g/mol. The van der Waals surface area contributed by atoms with E-state index in [9.17, 15) is 5.11 Å². The molecule has 2 heteroatoms. The fourth-order valence-corrected chi connectivity index (χ4v) is 3.30. The Morgan fingerprint density at radius 3 is 2.67 bits per heavy atom. The van der Waals surface area contributed by atoms with Gasteiger partial charge >= 0.3 is 0 Å². The van der Waals surface area contributed by atoms with E-state index < -0.39 is 0 Å². The van der Waals surface area contributed by atoms with E-state index in [4.69, 9.17) is 4.74 Å². The van der Waals surface area contributed by atoms with Gasteiger partial charge in [-0.3, -0.25) is 0 Å². The monoisotopic (exact) mass is 212 g/mol. The maximum absolute atomic E-state index is 10.4. The molecule has 1 aliphatic heterocycles. The van der Waals surface area contributed by atoms with E-state index in [1.807, 2.05) is 0 Å². The lowest BCUT2D eigenvalue weighted by molar-refractivity contribution is -0.0304. The summed E-state index contributed by atoms with van der Waals surface area (Å²) < 4.78 is 5.38. The lowest BCUT2D eigenvalue weighted by atomic mass is 9.64. The van der Waals surface area contributed by atoms with Gasteiger partial charge in [0.2, 0.25) is 0 Å². The van der Waals surface area contributed by atoms with Crippen LogP contribution in [0, 0.1) is 17.3 Å². The maximum Gasteiger partial charge on any atom is 0.0624 e. The van der Waals surface area contributed by atoms with Crippen LogP contribution in [0.3, 0.4) is 0 Å². The van der Waals surface area contributed by atoms with Crippen LogP contribution in [0.15, 0.2) is 0 Å². The molecule has 0 radical (unpaired) electrons. The molecule has 0 aromatic rings.